The van der Waals surface area contributed by atoms with Crippen LogP contribution < -0.4 is 0 Å². The normalized spacial score (nSPS) is 11.0. The van der Waals surface area contributed by atoms with Crippen LogP contribution in [0.5, 0.6) is 0 Å². The quantitative estimate of drug-likeness (QED) is 0.636. The Morgan fingerprint density at radius 1 is 1.33 bits per heavy atom. The molecule has 0 amide bonds. The van der Waals surface area contributed by atoms with Crippen molar-refractivity contribution in [2.24, 2.45) is 0 Å². The highest BCUT2D eigenvalue weighted by Gasteiger charge is 2.13. The van der Waals surface area contributed by atoms with Gasteiger partial charge < -0.3 is 9.53 Å². The lowest BCUT2D eigenvalue weighted by atomic mass is 10.2. The van der Waals surface area contributed by atoms with Gasteiger partial charge in [0.15, 0.2) is 5.05 Å². The Bertz CT molecular complexity index is 179. The van der Waals surface area contributed by atoms with E-state index in [2.05, 4.69) is 0 Å². The molecular weight excluding hydrogens is 172 g/mol. The van der Waals surface area contributed by atoms with Crippen LogP contribution in [0.4, 0.5) is 0 Å². The van der Waals surface area contributed by atoms with E-state index < -0.39 is 0 Å². The van der Waals surface area contributed by atoms with Crippen molar-refractivity contribution < 1.29 is 9.53 Å². The second-order valence-corrected chi connectivity index (χ2v) is 4.24. The first kappa shape index (κ1) is 11.6. The van der Waals surface area contributed by atoms with Gasteiger partial charge in [-0.1, -0.05) is 0 Å². The fraction of sp³-hybridized carbons (Fsp3) is 0.778. The fourth-order valence-electron chi connectivity index (χ4n) is 0.671. The molecule has 3 heteroatoms. The van der Waals surface area contributed by atoms with Gasteiger partial charge in [-0.15, -0.1) is 0 Å². The van der Waals surface area contributed by atoms with Crippen molar-refractivity contribution in [2.45, 2.75) is 46.1 Å². The molecule has 0 rings (SSSR count). The van der Waals surface area contributed by atoms with Gasteiger partial charge in [0.1, 0.15) is 11.4 Å². The topological polar surface area (TPSA) is 26.3 Å². The van der Waals surface area contributed by atoms with E-state index in [0.29, 0.717) is 17.9 Å². The molecule has 0 aromatic carbocycles. The predicted molar refractivity (Wildman–Crippen MR) is 53.4 cm³/mol. The van der Waals surface area contributed by atoms with Gasteiger partial charge >= 0.3 is 0 Å². The molecule has 0 aliphatic carbocycles. The predicted octanol–water partition coefficient (Wildman–Crippen LogP) is 2.50. The maximum Gasteiger partial charge on any atom is 0.160 e. The van der Waals surface area contributed by atoms with Crippen LogP contribution in [0.25, 0.3) is 0 Å². The second kappa shape index (κ2) is 4.55. The zero-order chi connectivity index (χ0) is 9.78. The number of rotatable bonds is 3. The minimum Gasteiger partial charge on any atom is -0.482 e. The minimum atomic E-state index is -0.242. The van der Waals surface area contributed by atoms with Gasteiger partial charge in [-0.2, -0.15) is 0 Å². The molecule has 0 heterocycles. The van der Waals surface area contributed by atoms with Gasteiger partial charge in [0.05, 0.1) is 0 Å². The van der Waals surface area contributed by atoms with Crippen molar-refractivity contribution in [3.8, 4) is 0 Å². The monoisotopic (exact) mass is 188 g/mol. The number of thiocarbonyl (C=S) groups is 1. The number of carbonyl (C=O) groups is 1. The molecular formula is C9H16O2S. The van der Waals surface area contributed by atoms with E-state index in [4.69, 9.17) is 17.0 Å². The largest absolute Gasteiger partial charge is 0.482 e. The van der Waals surface area contributed by atoms with Crippen molar-refractivity contribution >= 4 is 23.1 Å². The van der Waals surface area contributed by atoms with E-state index in [1.165, 1.54) is 0 Å². The van der Waals surface area contributed by atoms with E-state index in [-0.39, 0.29) is 11.4 Å². The number of hydrogen-bond acceptors (Lipinski definition) is 3. The van der Waals surface area contributed by atoms with Crippen LogP contribution in [0.3, 0.4) is 0 Å². The van der Waals surface area contributed by atoms with Gasteiger partial charge in [0, 0.05) is 12.8 Å². The summed E-state index contributed by atoms with van der Waals surface area (Å²) in [4.78, 5) is 10.6. The molecule has 70 valence electrons. The molecule has 0 atom stereocenters. The fourth-order valence-corrected chi connectivity index (χ4v) is 1.02. The summed E-state index contributed by atoms with van der Waals surface area (Å²) in [6.07, 6.45) is 1.04. The number of ether oxygens (including phenoxy) is 1. The number of hydrogen-bond donors (Lipinski definition) is 0. The number of Topliss-reactive ketones (excluding diaryl/α,β-unsaturated/α-hetero) is 1. The third-order valence-corrected chi connectivity index (χ3v) is 1.39. The Balaban J connectivity index is 3.68. The Kier molecular flexibility index (Phi) is 4.39. The van der Waals surface area contributed by atoms with Crippen molar-refractivity contribution in [3.05, 3.63) is 0 Å². The summed E-state index contributed by atoms with van der Waals surface area (Å²) in [6, 6.07) is 0. The molecule has 12 heavy (non-hydrogen) atoms. The molecule has 0 N–H and O–H groups in total. The summed E-state index contributed by atoms with van der Waals surface area (Å²) in [5, 5.41) is 0.526. The summed E-state index contributed by atoms with van der Waals surface area (Å²) in [6.45, 7) is 7.37. The average molecular weight is 188 g/mol. The molecule has 0 saturated heterocycles. The van der Waals surface area contributed by atoms with E-state index >= 15 is 0 Å². The van der Waals surface area contributed by atoms with Crippen LogP contribution in [0, 0.1) is 0 Å². The lowest BCUT2D eigenvalue weighted by molar-refractivity contribution is -0.116. The highest BCUT2D eigenvalue weighted by molar-refractivity contribution is 7.80. The molecule has 0 unspecified atom stereocenters. The van der Waals surface area contributed by atoms with Crippen LogP contribution in [0.15, 0.2) is 0 Å². The van der Waals surface area contributed by atoms with Gasteiger partial charge in [-0.05, 0) is 39.9 Å². The van der Waals surface area contributed by atoms with Gasteiger partial charge in [0.2, 0.25) is 0 Å². The lowest BCUT2D eigenvalue weighted by Gasteiger charge is -2.21. The number of ketones is 1. The molecule has 0 saturated carbocycles. The number of carbonyl (C=O) groups excluding carboxylic acids is 1. The molecule has 0 fully saturated rings. The van der Waals surface area contributed by atoms with Crippen molar-refractivity contribution in [1.82, 2.24) is 0 Å². The van der Waals surface area contributed by atoms with Crippen LogP contribution in [-0.2, 0) is 9.53 Å². The van der Waals surface area contributed by atoms with Gasteiger partial charge in [0.25, 0.3) is 0 Å². The molecule has 0 radical (unpaired) electrons. The SMILES string of the molecule is CC(=O)CCC(=S)OC(C)(C)C. The summed E-state index contributed by atoms with van der Waals surface area (Å²) >= 11 is 4.95. The second-order valence-electron chi connectivity index (χ2n) is 3.79. The first-order valence-electron chi connectivity index (χ1n) is 4.02. The average Bonchev–Trinajstić information content (AvgIpc) is 1.79. The molecule has 0 aromatic heterocycles. The smallest absolute Gasteiger partial charge is 0.160 e. The standard InChI is InChI=1S/C9H16O2S/c1-7(10)5-6-8(12)11-9(2,3)4/h5-6H2,1-4H3. The first-order valence-corrected chi connectivity index (χ1v) is 4.43. The molecule has 0 aliphatic rings. The van der Waals surface area contributed by atoms with Crippen molar-refractivity contribution in [1.29, 1.82) is 0 Å². The zero-order valence-corrected chi connectivity index (χ0v) is 8.96. The Labute approximate surface area is 79.3 Å². The molecule has 0 aliphatic heterocycles. The summed E-state index contributed by atoms with van der Waals surface area (Å²) in [5.74, 6) is 0.148. The molecule has 0 spiro atoms. The van der Waals surface area contributed by atoms with E-state index in [9.17, 15) is 4.79 Å². The minimum absolute atomic E-state index is 0.148. The highest BCUT2D eigenvalue weighted by atomic mass is 32.1. The van der Waals surface area contributed by atoms with Gasteiger partial charge in [-0.3, -0.25) is 0 Å². The van der Waals surface area contributed by atoms with E-state index in [1.807, 2.05) is 20.8 Å². The lowest BCUT2D eigenvalue weighted by Crippen LogP contribution is -2.22. The summed E-state index contributed by atoms with van der Waals surface area (Å²) in [5.41, 5.74) is -0.242. The third kappa shape index (κ3) is 7.66. The van der Waals surface area contributed by atoms with Crippen LogP contribution in [-0.4, -0.2) is 16.4 Å². The first-order chi connectivity index (χ1) is 5.31. The van der Waals surface area contributed by atoms with Crippen LogP contribution >= 0.6 is 12.2 Å². The van der Waals surface area contributed by atoms with Crippen molar-refractivity contribution in [3.63, 3.8) is 0 Å². The molecule has 0 bridgehead atoms. The Morgan fingerprint density at radius 3 is 2.17 bits per heavy atom. The Hall–Kier alpha value is -0.440. The van der Waals surface area contributed by atoms with Crippen LogP contribution in [0.1, 0.15) is 40.5 Å². The van der Waals surface area contributed by atoms with Crippen LogP contribution in [0.2, 0.25) is 0 Å². The van der Waals surface area contributed by atoms with E-state index in [1.54, 1.807) is 6.92 Å². The zero-order valence-electron chi connectivity index (χ0n) is 8.14. The molecule has 0 aromatic rings. The highest BCUT2D eigenvalue weighted by Crippen LogP contribution is 2.10. The Morgan fingerprint density at radius 2 is 1.83 bits per heavy atom. The maximum absolute atomic E-state index is 10.6. The van der Waals surface area contributed by atoms with E-state index in [0.717, 1.165) is 0 Å². The van der Waals surface area contributed by atoms with Crippen molar-refractivity contribution in [2.75, 3.05) is 0 Å². The van der Waals surface area contributed by atoms with Gasteiger partial charge in [-0.25, -0.2) is 0 Å². The summed E-state index contributed by atoms with van der Waals surface area (Å²) < 4.78 is 5.37. The molecule has 2 nitrogen and oxygen atoms in total. The maximum atomic E-state index is 10.6. The summed E-state index contributed by atoms with van der Waals surface area (Å²) in [7, 11) is 0. The third-order valence-electron chi connectivity index (χ3n) is 1.10.